The maximum Gasteiger partial charge on any atom is 0.314 e. The molecule has 0 bridgehead atoms. The van der Waals surface area contributed by atoms with Gasteiger partial charge in [-0.3, -0.25) is 9.59 Å². The van der Waals surface area contributed by atoms with E-state index in [-0.39, 0.29) is 12.4 Å². The van der Waals surface area contributed by atoms with E-state index in [0.29, 0.717) is 10.4 Å². The molecule has 4 nitrogen and oxygen atoms in total. The van der Waals surface area contributed by atoms with E-state index < -0.39 is 18.0 Å². The number of ketones is 1. The van der Waals surface area contributed by atoms with Gasteiger partial charge in [-0.1, -0.05) is 30.3 Å². The zero-order valence-electron chi connectivity index (χ0n) is 12.5. The molecule has 0 fully saturated rings. The molecule has 0 saturated heterocycles. The van der Waals surface area contributed by atoms with Crippen LogP contribution in [-0.2, 0) is 9.53 Å². The third-order valence-corrected chi connectivity index (χ3v) is 4.51. The molecule has 2 rings (SSSR count). The second-order valence-corrected chi connectivity index (χ2v) is 6.16. The van der Waals surface area contributed by atoms with Gasteiger partial charge in [-0.15, -0.1) is 11.3 Å². The van der Waals surface area contributed by atoms with E-state index in [4.69, 9.17) is 9.84 Å². The summed E-state index contributed by atoms with van der Waals surface area (Å²) in [6.07, 6.45) is -0.527. The molecule has 116 valence electrons. The Kier molecular flexibility index (Phi) is 5.46. The van der Waals surface area contributed by atoms with Gasteiger partial charge < -0.3 is 9.84 Å². The Balaban J connectivity index is 2.11. The van der Waals surface area contributed by atoms with Gasteiger partial charge >= 0.3 is 5.97 Å². The van der Waals surface area contributed by atoms with Crippen molar-refractivity contribution in [2.45, 2.75) is 25.9 Å². The van der Waals surface area contributed by atoms with Crippen LogP contribution in [0, 0.1) is 0 Å². The van der Waals surface area contributed by atoms with Crippen LogP contribution in [0.5, 0.6) is 0 Å². The number of ether oxygens (including phenoxy) is 1. The maximum atomic E-state index is 12.3. The molecule has 0 radical (unpaired) electrons. The summed E-state index contributed by atoms with van der Waals surface area (Å²) in [5, 5.41) is 8.92. The van der Waals surface area contributed by atoms with E-state index in [2.05, 4.69) is 0 Å². The van der Waals surface area contributed by atoms with Crippen molar-refractivity contribution in [3.05, 3.63) is 57.8 Å². The number of thiophene rings is 1. The maximum absolute atomic E-state index is 12.3. The van der Waals surface area contributed by atoms with Gasteiger partial charge in [0, 0.05) is 10.4 Å². The molecule has 0 amide bonds. The lowest BCUT2D eigenvalue weighted by Crippen LogP contribution is -2.21. The van der Waals surface area contributed by atoms with Gasteiger partial charge in [0.2, 0.25) is 5.78 Å². The highest BCUT2D eigenvalue weighted by Crippen LogP contribution is 2.27. The summed E-state index contributed by atoms with van der Waals surface area (Å²) in [6, 6.07) is 12.5. The molecule has 0 aliphatic heterocycles. The van der Waals surface area contributed by atoms with Crippen molar-refractivity contribution < 1.29 is 19.4 Å². The van der Waals surface area contributed by atoms with Crippen molar-refractivity contribution in [3.63, 3.8) is 0 Å². The van der Waals surface area contributed by atoms with Crippen LogP contribution in [0.3, 0.4) is 0 Å². The third-order valence-electron chi connectivity index (χ3n) is 3.24. The summed E-state index contributed by atoms with van der Waals surface area (Å²) in [6.45, 7) is 3.15. The summed E-state index contributed by atoms with van der Waals surface area (Å²) < 4.78 is 5.10. The molecule has 1 N–H and O–H groups in total. The normalized spacial score (nSPS) is 13.4. The fourth-order valence-corrected chi connectivity index (χ4v) is 2.90. The average molecular weight is 318 g/mol. The molecule has 0 aliphatic carbocycles. The lowest BCUT2D eigenvalue weighted by atomic mass is 10.1. The first-order valence-corrected chi connectivity index (χ1v) is 7.85. The van der Waals surface area contributed by atoms with Crippen molar-refractivity contribution in [1.29, 1.82) is 0 Å². The van der Waals surface area contributed by atoms with Crippen LogP contribution in [0.1, 0.15) is 39.9 Å². The van der Waals surface area contributed by atoms with Crippen LogP contribution in [0.2, 0.25) is 0 Å². The molecular weight excluding hydrogens is 300 g/mol. The van der Waals surface area contributed by atoms with Gasteiger partial charge in [-0.2, -0.15) is 0 Å². The fourth-order valence-electron chi connectivity index (χ4n) is 1.89. The minimum absolute atomic E-state index is 0.0545. The van der Waals surface area contributed by atoms with Gasteiger partial charge in [-0.25, -0.2) is 0 Å². The lowest BCUT2D eigenvalue weighted by Gasteiger charge is -2.13. The van der Waals surface area contributed by atoms with E-state index in [1.54, 1.807) is 38.1 Å². The first-order valence-electron chi connectivity index (χ1n) is 7.03. The number of hydrogen-bond donors (Lipinski definition) is 1. The van der Waals surface area contributed by atoms with Gasteiger partial charge in [0.25, 0.3) is 0 Å². The Hall–Kier alpha value is -1.98. The summed E-state index contributed by atoms with van der Waals surface area (Å²) in [5.41, 5.74) is 0.625. The van der Waals surface area contributed by atoms with Crippen molar-refractivity contribution in [3.8, 4) is 0 Å². The first-order chi connectivity index (χ1) is 10.5. The molecule has 0 aliphatic rings. The van der Waals surface area contributed by atoms with E-state index in [0.717, 1.165) is 4.88 Å². The van der Waals surface area contributed by atoms with E-state index in [1.807, 2.05) is 18.2 Å². The molecule has 1 aromatic carbocycles. The number of rotatable bonds is 6. The molecule has 5 heteroatoms. The van der Waals surface area contributed by atoms with Crippen LogP contribution in [-0.4, -0.2) is 29.6 Å². The van der Waals surface area contributed by atoms with Gasteiger partial charge in [-0.05, 0) is 26.0 Å². The third kappa shape index (κ3) is 3.81. The molecule has 1 heterocycles. The molecule has 1 aromatic heterocycles. The molecule has 2 unspecified atom stereocenters. The number of carbonyl (C=O) groups excluding carboxylic acids is 2. The van der Waals surface area contributed by atoms with E-state index >= 15 is 0 Å². The summed E-state index contributed by atoms with van der Waals surface area (Å²) >= 11 is 1.29. The van der Waals surface area contributed by atoms with Crippen LogP contribution >= 0.6 is 11.3 Å². The highest BCUT2D eigenvalue weighted by molar-refractivity contribution is 7.14. The lowest BCUT2D eigenvalue weighted by molar-refractivity contribution is -0.151. The summed E-state index contributed by atoms with van der Waals surface area (Å²) in [4.78, 5) is 25.7. The van der Waals surface area contributed by atoms with E-state index in [9.17, 15) is 9.59 Å². The summed E-state index contributed by atoms with van der Waals surface area (Å²) in [5.74, 6) is -0.917. The number of benzene rings is 1. The highest BCUT2D eigenvalue weighted by Gasteiger charge is 2.22. The number of carbonyl (C=O) groups is 2. The number of aliphatic hydroxyl groups is 1. The average Bonchev–Trinajstić information content (AvgIpc) is 3.03. The molecule has 2 atom stereocenters. The van der Waals surface area contributed by atoms with Crippen LogP contribution in [0.25, 0.3) is 0 Å². The molecule has 2 aromatic rings. The zero-order chi connectivity index (χ0) is 16.1. The van der Waals surface area contributed by atoms with E-state index in [1.165, 1.54) is 11.3 Å². The van der Waals surface area contributed by atoms with Crippen LogP contribution in [0.15, 0.2) is 42.5 Å². The SMILES string of the molecule is CC(CO)OC(=O)C(C)c1ccc(C(=O)c2ccccc2)s1. The monoisotopic (exact) mass is 318 g/mol. The Morgan fingerprint density at radius 3 is 2.45 bits per heavy atom. The predicted octanol–water partition coefficient (Wildman–Crippen LogP) is 3.01. The number of esters is 1. The van der Waals surface area contributed by atoms with Gasteiger partial charge in [0.05, 0.1) is 17.4 Å². The second kappa shape index (κ2) is 7.33. The minimum atomic E-state index is -0.527. The summed E-state index contributed by atoms with van der Waals surface area (Å²) in [7, 11) is 0. The van der Waals surface area contributed by atoms with Gasteiger partial charge in [0.1, 0.15) is 6.10 Å². The molecular formula is C17H18O4S. The Bertz CT molecular complexity index is 648. The number of aliphatic hydroxyl groups excluding tert-OH is 1. The second-order valence-electron chi connectivity index (χ2n) is 5.05. The smallest absolute Gasteiger partial charge is 0.314 e. The quantitative estimate of drug-likeness (QED) is 0.657. The fraction of sp³-hybridized carbons (Fsp3) is 0.294. The van der Waals surface area contributed by atoms with Crippen molar-refractivity contribution in [2.24, 2.45) is 0 Å². The predicted molar refractivity (Wildman–Crippen MR) is 85.2 cm³/mol. The Morgan fingerprint density at radius 1 is 1.14 bits per heavy atom. The Morgan fingerprint density at radius 2 is 1.82 bits per heavy atom. The molecule has 22 heavy (non-hydrogen) atoms. The minimum Gasteiger partial charge on any atom is -0.460 e. The molecule has 0 spiro atoms. The number of hydrogen-bond acceptors (Lipinski definition) is 5. The van der Waals surface area contributed by atoms with Crippen molar-refractivity contribution >= 4 is 23.1 Å². The molecule has 0 saturated carbocycles. The highest BCUT2D eigenvalue weighted by atomic mass is 32.1. The standard InChI is InChI=1S/C17H18O4S/c1-11(10-18)21-17(20)12(2)14-8-9-15(22-14)16(19)13-6-4-3-5-7-13/h3-9,11-12,18H,10H2,1-2H3. The largest absolute Gasteiger partial charge is 0.460 e. The first kappa shape index (κ1) is 16.4. The Labute approximate surface area is 133 Å². The van der Waals surface area contributed by atoms with Crippen molar-refractivity contribution in [2.75, 3.05) is 6.61 Å². The topological polar surface area (TPSA) is 63.6 Å². The zero-order valence-corrected chi connectivity index (χ0v) is 13.3. The van der Waals surface area contributed by atoms with Crippen molar-refractivity contribution in [1.82, 2.24) is 0 Å². The van der Waals surface area contributed by atoms with Gasteiger partial charge in [0.15, 0.2) is 0 Å². The van der Waals surface area contributed by atoms with Crippen LogP contribution in [0.4, 0.5) is 0 Å². The van der Waals surface area contributed by atoms with Crippen LogP contribution < -0.4 is 0 Å².